The van der Waals surface area contributed by atoms with Gasteiger partial charge in [-0.3, -0.25) is 4.79 Å². The molecule has 0 aliphatic heterocycles. The fraction of sp³-hybridized carbons (Fsp3) is 0.500. The average Bonchev–Trinajstić information content (AvgIpc) is 2.53. The van der Waals surface area contributed by atoms with E-state index in [0.717, 1.165) is 31.2 Å². The van der Waals surface area contributed by atoms with Crippen LogP contribution < -0.4 is 0 Å². The van der Waals surface area contributed by atoms with Gasteiger partial charge in [-0.2, -0.15) is 0 Å². The van der Waals surface area contributed by atoms with Crippen LogP contribution in [-0.4, -0.2) is 19.0 Å². The molecule has 2 rings (SSSR count). The largest absolute Gasteiger partial charge is 0.465 e. The maximum Gasteiger partial charge on any atom is 0.337 e. The molecule has 0 N–H and O–H groups in total. The Hall–Kier alpha value is -1.84. The fourth-order valence-electron chi connectivity index (χ4n) is 2.47. The van der Waals surface area contributed by atoms with Crippen LogP contribution in [0.4, 0.5) is 0 Å². The molecule has 0 radical (unpaired) electrons. The van der Waals surface area contributed by atoms with E-state index in [1.165, 1.54) is 13.5 Å². The van der Waals surface area contributed by atoms with E-state index >= 15 is 0 Å². The van der Waals surface area contributed by atoms with Gasteiger partial charge >= 0.3 is 11.9 Å². The number of ether oxygens (including phenoxy) is 2. The summed E-state index contributed by atoms with van der Waals surface area (Å²) < 4.78 is 9.97. The maximum absolute atomic E-state index is 11.9. The van der Waals surface area contributed by atoms with Gasteiger partial charge in [0.2, 0.25) is 0 Å². The van der Waals surface area contributed by atoms with Crippen LogP contribution in [0.15, 0.2) is 24.3 Å². The Morgan fingerprint density at radius 3 is 2.35 bits per heavy atom. The molecule has 1 aliphatic carbocycles. The third-order valence-electron chi connectivity index (χ3n) is 3.69. The molecule has 0 bridgehead atoms. The minimum Gasteiger partial charge on any atom is -0.465 e. The van der Waals surface area contributed by atoms with E-state index in [4.69, 9.17) is 4.74 Å². The van der Waals surface area contributed by atoms with Crippen LogP contribution in [0.3, 0.4) is 0 Å². The van der Waals surface area contributed by atoms with Crippen molar-refractivity contribution in [3.63, 3.8) is 0 Å². The molecule has 0 atom stereocenters. The Morgan fingerprint density at radius 1 is 1.10 bits per heavy atom. The van der Waals surface area contributed by atoms with Gasteiger partial charge in [0, 0.05) is 0 Å². The third kappa shape index (κ3) is 3.83. The Kier molecular flexibility index (Phi) is 5.16. The standard InChI is InChI=1S/C16H20O4/c1-19-15(17)14-9-7-12(8-10-14)11-20-16(18)13-5-3-2-4-6-13/h7-10,13H,2-6,11H2,1H3. The Bertz CT molecular complexity index is 458. The lowest BCUT2D eigenvalue weighted by Gasteiger charge is -2.19. The molecule has 20 heavy (non-hydrogen) atoms. The molecule has 4 heteroatoms. The number of carbonyl (C=O) groups excluding carboxylic acids is 2. The lowest BCUT2D eigenvalue weighted by Crippen LogP contribution is -2.20. The summed E-state index contributed by atoms with van der Waals surface area (Å²) in [6.07, 6.45) is 5.35. The van der Waals surface area contributed by atoms with Gasteiger partial charge in [-0.05, 0) is 30.5 Å². The van der Waals surface area contributed by atoms with Crippen molar-refractivity contribution in [3.05, 3.63) is 35.4 Å². The zero-order valence-corrected chi connectivity index (χ0v) is 11.8. The minimum atomic E-state index is -0.365. The van der Waals surface area contributed by atoms with Gasteiger partial charge in [-0.1, -0.05) is 31.4 Å². The smallest absolute Gasteiger partial charge is 0.337 e. The summed E-state index contributed by atoms with van der Waals surface area (Å²) >= 11 is 0. The Balaban J connectivity index is 1.84. The first-order chi connectivity index (χ1) is 9.70. The van der Waals surface area contributed by atoms with Crippen molar-refractivity contribution in [2.75, 3.05) is 7.11 Å². The SMILES string of the molecule is COC(=O)c1ccc(COC(=O)C2CCCCC2)cc1. The van der Waals surface area contributed by atoms with Crippen molar-refractivity contribution in [1.82, 2.24) is 0 Å². The quantitative estimate of drug-likeness (QED) is 0.793. The first-order valence-electron chi connectivity index (χ1n) is 7.04. The number of hydrogen-bond acceptors (Lipinski definition) is 4. The number of methoxy groups -OCH3 is 1. The minimum absolute atomic E-state index is 0.0677. The molecule has 1 aromatic rings. The van der Waals surface area contributed by atoms with Crippen molar-refractivity contribution in [3.8, 4) is 0 Å². The van der Waals surface area contributed by atoms with Gasteiger partial charge in [0.1, 0.15) is 6.61 Å². The number of benzene rings is 1. The molecule has 0 spiro atoms. The first-order valence-corrected chi connectivity index (χ1v) is 7.04. The normalized spacial score (nSPS) is 15.7. The van der Waals surface area contributed by atoms with Gasteiger partial charge < -0.3 is 9.47 Å². The Morgan fingerprint density at radius 2 is 1.75 bits per heavy atom. The molecule has 0 saturated heterocycles. The van der Waals surface area contributed by atoms with Gasteiger partial charge in [0.05, 0.1) is 18.6 Å². The monoisotopic (exact) mass is 276 g/mol. The lowest BCUT2D eigenvalue weighted by atomic mass is 9.89. The van der Waals surface area contributed by atoms with Crippen LogP contribution in [0.25, 0.3) is 0 Å². The van der Waals surface area contributed by atoms with E-state index in [1.807, 2.05) is 0 Å². The summed E-state index contributed by atoms with van der Waals surface area (Å²) in [4.78, 5) is 23.2. The molecule has 0 amide bonds. The second kappa shape index (κ2) is 7.08. The summed E-state index contributed by atoms with van der Waals surface area (Å²) in [5.74, 6) is -0.393. The van der Waals surface area contributed by atoms with E-state index in [0.29, 0.717) is 5.56 Å². The molecule has 1 saturated carbocycles. The topological polar surface area (TPSA) is 52.6 Å². The fourth-order valence-corrected chi connectivity index (χ4v) is 2.47. The summed E-state index contributed by atoms with van der Waals surface area (Å²) in [7, 11) is 1.35. The summed E-state index contributed by atoms with van der Waals surface area (Å²) in [5, 5.41) is 0. The van der Waals surface area contributed by atoms with Gasteiger partial charge in [0.15, 0.2) is 0 Å². The zero-order valence-electron chi connectivity index (χ0n) is 11.8. The number of hydrogen-bond donors (Lipinski definition) is 0. The number of carbonyl (C=O) groups is 2. The van der Waals surface area contributed by atoms with Crippen molar-refractivity contribution in [2.45, 2.75) is 38.7 Å². The molecular weight excluding hydrogens is 256 g/mol. The van der Waals surface area contributed by atoms with E-state index in [1.54, 1.807) is 24.3 Å². The highest BCUT2D eigenvalue weighted by atomic mass is 16.5. The highest BCUT2D eigenvalue weighted by molar-refractivity contribution is 5.89. The maximum atomic E-state index is 11.9. The molecule has 1 aliphatic rings. The van der Waals surface area contributed by atoms with Crippen LogP contribution in [0, 0.1) is 5.92 Å². The van der Waals surface area contributed by atoms with E-state index < -0.39 is 0 Å². The van der Waals surface area contributed by atoms with Gasteiger partial charge in [0.25, 0.3) is 0 Å². The second-order valence-electron chi connectivity index (χ2n) is 5.13. The summed E-state index contributed by atoms with van der Waals surface area (Å²) in [6.45, 7) is 0.261. The van der Waals surface area contributed by atoms with Crippen molar-refractivity contribution in [1.29, 1.82) is 0 Å². The van der Waals surface area contributed by atoms with Gasteiger partial charge in [-0.25, -0.2) is 4.79 Å². The lowest BCUT2D eigenvalue weighted by molar-refractivity contribution is -0.151. The molecule has 4 nitrogen and oxygen atoms in total. The molecule has 1 fully saturated rings. The van der Waals surface area contributed by atoms with Crippen molar-refractivity contribution < 1.29 is 19.1 Å². The third-order valence-corrected chi connectivity index (χ3v) is 3.69. The zero-order chi connectivity index (χ0) is 14.4. The Labute approximate surface area is 119 Å². The first kappa shape index (κ1) is 14.6. The second-order valence-corrected chi connectivity index (χ2v) is 5.13. The van der Waals surface area contributed by atoms with Crippen molar-refractivity contribution in [2.24, 2.45) is 5.92 Å². The predicted octanol–water partition coefficient (Wildman–Crippen LogP) is 3.10. The molecule has 0 heterocycles. The molecule has 1 aromatic carbocycles. The van der Waals surface area contributed by atoms with Crippen LogP contribution >= 0.6 is 0 Å². The molecule has 108 valence electrons. The number of esters is 2. The van der Waals surface area contributed by atoms with Crippen molar-refractivity contribution >= 4 is 11.9 Å². The molecule has 0 aromatic heterocycles. The van der Waals surface area contributed by atoms with Crippen LogP contribution in [0.2, 0.25) is 0 Å². The van der Waals surface area contributed by atoms with Crippen LogP contribution in [-0.2, 0) is 20.9 Å². The number of rotatable bonds is 4. The average molecular weight is 276 g/mol. The molecular formula is C16H20O4. The van der Waals surface area contributed by atoms with E-state index in [2.05, 4.69) is 4.74 Å². The van der Waals surface area contributed by atoms with E-state index in [9.17, 15) is 9.59 Å². The highest BCUT2D eigenvalue weighted by Gasteiger charge is 2.22. The summed E-state index contributed by atoms with van der Waals surface area (Å²) in [5.41, 5.74) is 1.37. The van der Waals surface area contributed by atoms with Gasteiger partial charge in [-0.15, -0.1) is 0 Å². The van der Waals surface area contributed by atoms with E-state index in [-0.39, 0.29) is 24.5 Å². The van der Waals surface area contributed by atoms with Crippen LogP contribution in [0.1, 0.15) is 48.0 Å². The predicted molar refractivity (Wildman–Crippen MR) is 74.2 cm³/mol. The van der Waals surface area contributed by atoms with Crippen LogP contribution in [0.5, 0.6) is 0 Å². The molecule has 0 unspecified atom stereocenters. The highest BCUT2D eigenvalue weighted by Crippen LogP contribution is 2.25. The summed E-state index contributed by atoms with van der Waals surface area (Å²) in [6, 6.07) is 6.91.